The highest BCUT2D eigenvalue weighted by Gasteiger charge is 2.14. The van der Waals surface area contributed by atoms with Gasteiger partial charge in [-0.25, -0.2) is 0 Å². The van der Waals surface area contributed by atoms with Crippen molar-refractivity contribution in [1.29, 1.82) is 5.26 Å². The summed E-state index contributed by atoms with van der Waals surface area (Å²) in [5, 5.41) is 11.7. The maximum atomic E-state index is 11.8. The fraction of sp³-hybridized carbons (Fsp3) is 0.143. The van der Waals surface area contributed by atoms with Gasteiger partial charge in [0.1, 0.15) is 0 Å². The molecule has 0 saturated heterocycles. The van der Waals surface area contributed by atoms with E-state index in [2.05, 4.69) is 5.32 Å². The summed E-state index contributed by atoms with van der Waals surface area (Å²) < 4.78 is 5.03. The Labute approximate surface area is 115 Å². The molecule has 0 radical (unpaired) electrons. The molecule has 1 aromatic heterocycles. The minimum absolute atomic E-state index is 0.172. The Balaban J connectivity index is 2.06. The minimum Gasteiger partial charge on any atom is -0.440 e. The van der Waals surface area contributed by atoms with Crippen LogP contribution in [0, 0.1) is 11.3 Å². The molecule has 0 aliphatic heterocycles. The predicted molar refractivity (Wildman–Crippen MR) is 70.8 cm³/mol. The first-order chi connectivity index (χ1) is 9.10. The first-order valence-electron chi connectivity index (χ1n) is 5.66. The van der Waals surface area contributed by atoms with Crippen LogP contribution in [-0.2, 0) is 0 Å². The second-order valence-electron chi connectivity index (χ2n) is 4.03. The molecule has 5 heteroatoms. The molecule has 1 N–H and O–H groups in total. The standard InChI is InChI=1S/C14H11ClN2O2/c1-9(11-4-2-10(8-16)3-5-11)17-14(18)12-6-7-13(15)19-12/h2-7,9H,1H3,(H,17,18). The number of nitrogens with one attached hydrogen (secondary N) is 1. The normalized spacial score (nSPS) is 11.6. The first kappa shape index (κ1) is 13.2. The highest BCUT2D eigenvalue weighted by atomic mass is 35.5. The van der Waals surface area contributed by atoms with E-state index < -0.39 is 0 Å². The van der Waals surface area contributed by atoms with Gasteiger partial charge in [0.2, 0.25) is 0 Å². The SMILES string of the molecule is CC(NC(=O)c1ccc(Cl)o1)c1ccc(C#N)cc1. The number of rotatable bonds is 3. The predicted octanol–water partition coefficient (Wildman–Crippen LogP) is 3.30. The van der Waals surface area contributed by atoms with E-state index in [-0.39, 0.29) is 22.9 Å². The quantitative estimate of drug-likeness (QED) is 0.934. The molecule has 1 aromatic carbocycles. The highest BCUT2D eigenvalue weighted by molar-refractivity contribution is 6.29. The molecule has 0 spiro atoms. The number of nitriles is 1. The lowest BCUT2D eigenvalue weighted by Crippen LogP contribution is -2.26. The summed E-state index contributed by atoms with van der Waals surface area (Å²) >= 11 is 5.61. The molecule has 19 heavy (non-hydrogen) atoms. The molecule has 1 amide bonds. The molecule has 0 saturated carbocycles. The lowest BCUT2D eigenvalue weighted by Gasteiger charge is -2.13. The van der Waals surface area contributed by atoms with Crippen LogP contribution in [0.1, 0.15) is 34.6 Å². The Bertz CT molecular complexity index is 626. The smallest absolute Gasteiger partial charge is 0.287 e. The number of halogens is 1. The zero-order chi connectivity index (χ0) is 13.8. The van der Waals surface area contributed by atoms with Crippen LogP contribution in [-0.4, -0.2) is 5.91 Å². The van der Waals surface area contributed by atoms with Crippen LogP contribution in [0.3, 0.4) is 0 Å². The van der Waals surface area contributed by atoms with Gasteiger partial charge in [-0.2, -0.15) is 5.26 Å². The van der Waals surface area contributed by atoms with E-state index in [1.54, 1.807) is 24.3 Å². The number of hydrogen-bond acceptors (Lipinski definition) is 3. The fourth-order valence-electron chi connectivity index (χ4n) is 1.63. The Morgan fingerprint density at radius 2 is 2.00 bits per heavy atom. The van der Waals surface area contributed by atoms with Gasteiger partial charge in [-0.15, -0.1) is 0 Å². The molecule has 0 bridgehead atoms. The Hall–Kier alpha value is -2.25. The van der Waals surface area contributed by atoms with Crippen molar-refractivity contribution in [3.05, 3.63) is 58.5 Å². The van der Waals surface area contributed by atoms with E-state index in [0.29, 0.717) is 5.56 Å². The van der Waals surface area contributed by atoms with E-state index in [0.717, 1.165) is 5.56 Å². The van der Waals surface area contributed by atoms with Gasteiger partial charge in [-0.05, 0) is 48.4 Å². The average molecular weight is 275 g/mol. The van der Waals surface area contributed by atoms with Crippen LogP contribution < -0.4 is 5.32 Å². The zero-order valence-corrected chi connectivity index (χ0v) is 10.9. The monoisotopic (exact) mass is 274 g/mol. The molecule has 1 atom stereocenters. The maximum Gasteiger partial charge on any atom is 0.287 e. The van der Waals surface area contributed by atoms with Crippen molar-refractivity contribution in [1.82, 2.24) is 5.32 Å². The number of carbonyl (C=O) groups is 1. The Morgan fingerprint density at radius 1 is 1.32 bits per heavy atom. The summed E-state index contributed by atoms with van der Waals surface area (Å²) in [6.07, 6.45) is 0. The van der Waals surface area contributed by atoms with Crippen molar-refractivity contribution < 1.29 is 9.21 Å². The number of carbonyl (C=O) groups excluding carboxylic acids is 1. The third-order valence-corrected chi connectivity index (χ3v) is 2.89. The van der Waals surface area contributed by atoms with Crippen LogP contribution in [0.2, 0.25) is 5.22 Å². The molecule has 0 aliphatic carbocycles. The molecular weight excluding hydrogens is 264 g/mol. The molecule has 1 unspecified atom stereocenters. The van der Waals surface area contributed by atoms with Crippen molar-refractivity contribution >= 4 is 17.5 Å². The fourth-order valence-corrected chi connectivity index (χ4v) is 1.78. The van der Waals surface area contributed by atoms with Crippen molar-refractivity contribution in [2.24, 2.45) is 0 Å². The number of amides is 1. The molecule has 0 fully saturated rings. The lowest BCUT2D eigenvalue weighted by atomic mass is 10.1. The Morgan fingerprint density at radius 3 is 2.53 bits per heavy atom. The summed E-state index contributed by atoms with van der Waals surface area (Å²) in [4.78, 5) is 11.8. The van der Waals surface area contributed by atoms with Gasteiger partial charge in [0, 0.05) is 0 Å². The number of benzene rings is 1. The molecule has 0 aliphatic rings. The first-order valence-corrected chi connectivity index (χ1v) is 6.04. The van der Waals surface area contributed by atoms with Gasteiger partial charge in [-0.3, -0.25) is 4.79 Å². The third kappa shape index (κ3) is 3.15. The number of hydrogen-bond donors (Lipinski definition) is 1. The van der Waals surface area contributed by atoms with Crippen molar-refractivity contribution in [3.63, 3.8) is 0 Å². The van der Waals surface area contributed by atoms with Crippen molar-refractivity contribution in [3.8, 4) is 6.07 Å². The summed E-state index contributed by atoms with van der Waals surface area (Å²) in [7, 11) is 0. The molecule has 2 aromatic rings. The molecular formula is C14H11ClN2O2. The van der Waals surface area contributed by atoms with E-state index in [9.17, 15) is 4.79 Å². The second-order valence-corrected chi connectivity index (χ2v) is 4.41. The lowest BCUT2D eigenvalue weighted by molar-refractivity contribution is 0.0912. The summed E-state index contributed by atoms with van der Waals surface area (Å²) in [6.45, 7) is 1.85. The van der Waals surface area contributed by atoms with Gasteiger partial charge >= 0.3 is 0 Å². The van der Waals surface area contributed by atoms with Crippen molar-refractivity contribution in [2.45, 2.75) is 13.0 Å². The van der Waals surface area contributed by atoms with Gasteiger partial charge < -0.3 is 9.73 Å². The van der Waals surface area contributed by atoms with E-state index >= 15 is 0 Å². The Kier molecular flexibility index (Phi) is 3.88. The number of furan rings is 1. The molecule has 96 valence electrons. The topological polar surface area (TPSA) is 66.0 Å². The van der Waals surface area contributed by atoms with Gasteiger partial charge in [0.15, 0.2) is 11.0 Å². The van der Waals surface area contributed by atoms with Crippen LogP contribution >= 0.6 is 11.6 Å². The summed E-state index contributed by atoms with van der Waals surface area (Å²) in [6, 6.07) is 11.9. The average Bonchev–Trinajstić information content (AvgIpc) is 2.85. The second kappa shape index (κ2) is 5.59. The van der Waals surface area contributed by atoms with Gasteiger partial charge in [-0.1, -0.05) is 12.1 Å². The maximum absolute atomic E-state index is 11.8. The molecule has 2 rings (SSSR count). The largest absolute Gasteiger partial charge is 0.440 e. The number of nitrogens with zero attached hydrogens (tertiary/aromatic N) is 1. The summed E-state index contributed by atoms with van der Waals surface area (Å²) in [5.41, 5.74) is 1.49. The molecule has 1 heterocycles. The van der Waals surface area contributed by atoms with Crippen LogP contribution in [0.15, 0.2) is 40.8 Å². The van der Waals surface area contributed by atoms with E-state index in [4.69, 9.17) is 21.3 Å². The molecule has 4 nitrogen and oxygen atoms in total. The van der Waals surface area contributed by atoms with Crippen LogP contribution in [0.4, 0.5) is 0 Å². The van der Waals surface area contributed by atoms with Crippen LogP contribution in [0.5, 0.6) is 0 Å². The van der Waals surface area contributed by atoms with Crippen LogP contribution in [0.25, 0.3) is 0 Å². The van der Waals surface area contributed by atoms with E-state index in [1.165, 1.54) is 12.1 Å². The third-order valence-electron chi connectivity index (χ3n) is 2.68. The minimum atomic E-state index is -0.330. The van der Waals surface area contributed by atoms with Crippen molar-refractivity contribution in [2.75, 3.05) is 0 Å². The van der Waals surface area contributed by atoms with Gasteiger partial charge in [0.25, 0.3) is 5.91 Å². The van der Waals surface area contributed by atoms with Gasteiger partial charge in [0.05, 0.1) is 17.7 Å². The zero-order valence-electron chi connectivity index (χ0n) is 10.2. The van der Waals surface area contributed by atoms with E-state index in [1.807, 2.05) is 13.0 Å². The summed E-state index contributed by atoms with van der Waals surface area (Å²) in [5.74, 6) is -0.158. The highest BCUT2D eigenvalue weighted by Crippen LogP contribution is 2.16.